The van der Waals surface area contributed by atoms with E-state index in [1.807, 2.05) is 30.3 Å². The maximum absolute atomic E-state index is 12.7. The van der Waals surface area contributed by atoms with Crippen LogP contribution >= 0.6 is 11.8 Å². The maximum atomic E-state index is 12.7. The summed E-state index contributed by atoms with van der Waals surface area (Å²) in [6, 6.07) is 19.7. The smallest absolute Gasteiger partial charge is 0.286 e. The van der Waals surface area contributed by atoms with Crippen LogP contribution in [0.3, 0.4) is 0 Å². The number of anilines is 1. The van der Waals surface area contributed by atoms with Crippen molar-refractivity contribution in [3.63, 3.8) is 0 Å². The Hall–Kier alpha value is -4.11. The number of nitrogens with one attached hydrogen (secondary N) is 2. The van der Waals surface area contributed by atoms with Crippen LogP contribution in [0.4, 0.5) is 10.5 Å². The number of aromatic hydroxyl groups is 1. The maximum Gasteiger partial charge on any atom is 0.286 e. The zero-order chi connectivity index (χ0) is 23.7. The molecular weight excluding hydrogens is 454 g/mol. The third-order valence-corrected chi connectivity index (χ3v) is 6.34. The quantitative estimate of drug-likeness (QED) is 0.358. The number of hydrogen-bond donors (Lipinski definition) is 3. The lowest BCUT2D eigenvalue weighted by Crippen LogP contribution is -2.25. The lowest BCUT2D eigenvalue weighted by molar-refractivity contribution is -0.119. The number of carbonyl (C=O) groups excluding carboxylic acids is 3. The number of fused-ring (bicyclic) bond motifs is 1. The molecule has 1 fully saturated rings. The standard InChI is InChI=1S/C25H19N3O5S/c29-19-8-6-14(12-21-23(31)28-25(32)34-21)10-17(19)26-22(30)13-15-7-9-20-18(11-15)27-24(33-20)16-4-2-1-3-5-16/h1-11,21,29H,12-13H2,(H,26,30)(H,28,31,32). The van der Waals surface area contributed by atoms with E-state index in [0.717, 1.165) is 22.9 Å². The number of oxazole rings is 1. The van der Waals surface area contributed by atoms with Gasteiger partial charge in [-0.2, -0.15) is 0 Å². The van der Waals surface area contributed by atoms with E-state index in [2.05, 4.69) is 15.6 Å². The number of phenolic OH excluding ortho intramolecular Hbond substituents is 1. The van der Waals surface area contributed by atoms with Gasteiger partial charge in [0.05, 0.1) is 17.4 Å². The van der Waals surface area contributed by atoms with Crippen LogP contribution < -0.4 is 10.6 Å². The zero-order valence-electron chi connectivity index (χ0n) is 17.8. The van der Waals surface area contributed by atoms with E-state index in [4.69, 9.17) is 4.42 Å². The predicted molar refractivity (Wildman–Crippen MR) is 129 cm³/mol. The zero-order valence-corrected chi connectivity index (χ0v) is 18.6. The first-order valence-electron chi connectivity index (χ1n) is 10.5. The van der Waals surface area contributed by atoms with E-state index >= 15 is 0 Å². The van der Waals surface area contributed by atoms with Crippen molar-refractivity contribution >= 4 is 45.6 Å². The fourth-order valence-corrected chi connectivity index (χ4v) is 4.58. The first-order chi connectivity index (χ1) is 16.4. The second-order valence-corrected chi connectivity index (χ2v) is 9.03. The summed E-state index contributed by atoms with van der Waals surface area (Å²) in [5.74, 6) is -0.236. The minimum Gasteiger partial charge on any atom is -0.506 e. The van der Waals surface area contributed by atoms with Crippen LogP contribution in [-0.2, 0) is 22.4 Å². The molecule has 0 aliphatic carbocycles. The Balaban J connectivity index is 1.28. The third-order valence-electron chi connectivity index (χ3n) is 5.36. The molecule has 3 amide bonds. The Labute approximate surface area is 198 Å². The molecule has 3 N–H and O–H groups in total. The number of nitrogens with zero attached hydrogens (tertiary/aromatic N) is 1. The Morgan fingerprint density at radius 2 is 1.85 bits per heavy atom. The van der Waals surface area contributed by atoms with Crippen LogP contribution in [0.2, 0.25) is 0 Å². The number of phenols is 1. The van der Waals surface area contributed by atoms with E-state index in [1.165, 1.54) is 6.07 Å². The minimum absolute atomic E-state index is 0.0719. The van der Waals surface area contributed by atoms with Gasteiger partial charge in [0.1, 0.15) is 11.3 Å². The average molecular weight is 474 g/mol. The van der Waals surface area contributed by atoms with E-state index in [1.54, 1.807) is 30.3 Å². The summed E-state index contributed by atoms with van der Waals surface area (Å²) < 4.78 is 5.81. The molecule has 1 unspecified atom stereocenters. The highest BCUT2D eigenvalue weighted by atomic mass is 32.2. The molecule has 4 aromatic rings. The molecule has 1 aliphatic rings. The second-order valence-electron chi connectivity index (χ2n) is 7.85. The molecule has 0 spiro atoms. The summed E-state index contributed by atoms with van der Waals surface area (Å²) in [6.45, 7) is 0. The largest absolute Gasteiger partial charge is 0.506 e. The molecule has 0 radical (unpaired) electrons. The van der Waals surface area contributed by atoms with Gasteiger partial charge in [0, 0.05) is 5.56 Å². The molecule has 5 rings (SSSR count). The van der Waals surface area contributed by atoms with Gasteiger partial charge in [0.15, 0.2) is 5.58 Å². The average Bonchev–Trinajstić information content (AvgIpc) is 3.38. The highest BCUT2D eigenvalue weighted by molar-refractivity contribution is 8.15. The molecule has 1 atom stereocenters. The summed E-state index contributed by atoms with van der Waals surface area (Å²) >= 11 is 0.932. The number of amides is 3. The number of carbonyl (C=O) groups is 3. The molecule has 1 aliphatic heterocycles. The molecule has 0 saturated carbocycles. The van der Waals surface area contributed by atoms with E-state index < -0.39 is 5.25 Å². The molecule has 1 aromatic heterocycles. The van der Waals surface area contributed by atoms with Gasteiger partial charge in [-0.1, -0.05) is 42.1 Å². The lowest BCUT2D eigenvalue weighted by atomic mass is 10.1. The monoisotopic (exact) mass is 473 g/mol. The topological polar surface area (TPSA) is 122 Å². The molecule has 3 aromatic carbocycles. The number of benzene rings is 3. The van der Waals surface area contributed by atoms with E-state index in [0.29, 0.717) is 29.0 Å². The van der Waals surface area contributed by atoms with Crippen LogP contribution in [0.5, 0.6) is 5.75 Å². The highest BCUT2D eigenvalue weighted by Crippen LogP contribution is 2.29. The van der Waals surface area contributed by atoms with Crippen LogP contribution in [0, 0.1) is 0 Å². The Bertz CT molecular complexity index is 1420. The van der Waals surface area contributed by atoms with Crippen molar-refractivity contribution in [2.45, 2.75) is 18.1 Å². The number of imide groups is 1. The van der Waals surface area contributed by atoms with Crippen LogP contribution in [-0.4, -0.2) is 32.4 Å². The van der Waals surface area contributed by atoms with Gasteiger partial charge in [0.25, 0.3) is 5.24 Å². The van der Waals surface area contributed by atoms with Gasteiger partial charge in [0.2, 0.25) is 17.7 Å². The fraction of sp³-hybridized carbons (Fsp3) is 0.120. The molecule has 8 nitrogen and oxygen atoms in total. The van der Waals surface area contributed by atoms with E-state index in [9.17, 15) is 19.5 Å². The highest BCUT2D eigenvalue weighted by Gasteiger charge is 2.31. The van der Waals surface area contributed by atoms with Crippen molar-refractivity contribution in [2.24, 2.45) is 0 Å². The second kappa shape index (κ2) is 9.03. The Morgan fingerprint density at radius 3 is 2.62 bits per heavy atom. The molecule has 170 valence electrons. The number of thioether (sulfide) groups is 1. The van der Waals surface area contributed by atoms with E-state index in [-0.39, 0.29) is 34.9 Å². The third kappa shape index (κ3) is 4.65. The molecule has 9 heteroatoms. The van der Waals surface area contributed by atoms with Gasteiger partial charge < -0.3 is 14.8 Å². The number of hydrogen-bond acceptors (Lipinski definition) is 7. The number of rotatable bonds is 6. The Kier molecular flexibility index (Phi) is 5.77. The van der Waals surface area contributed by atoms with Gasteiger partial charge in [-0.3, -0.25) is 19.7 Å². The van der Waals surface area contributed by atoms with Crippen molar-refractivity contribution in [1.29, 1.82) is 0 Å². The molecular formula is C25H19N3O5S. The van der Waals surface area contributed by atoms with Crippen molar-refractivity contribution in [1.82, 2.24) is 10.3 Å². The van der Waals surface area contributed by atoms with Gasteiger partial charge in [-0.05, 0) is 53.9 Å². The van der Waals surface area contributed by atoms with Crippen molar-refractivity contribution < 1.29 is 23.9 Å². The first-order valence-corrected chi connectivity index (χ1v) is 11.4. The minimum atomic E-state index is -0.532. The molecule has 1 saturated heterocycles. The summed E-state index contributed by atoms with van der Waals surface area (Å²) in [7, 11) is 0. The van der Waals surface area contributed by atoms with Gasteiger partial charge >= 0.3 is 0 Å². The predicted octanol–water partition coefficient (Wildman–Crippen LogP) is 4.28. The molecule has 2 heterocycles. The summed E-state index contributed by atoms with van der Waals surface area (Å²) in [6.07, 6.45) is 0.375. The SMILES string of the molecule is O=C(Cc1ccc2oc(-c3ccccc3)nc2c1)Nc1cc(CC2SC(=O)NC2=O)ccc1O. The molecule has 0 bridgehead atoms. The van der Waals surface area contributed by atoms with Gasteiger partial charge in [-0.25, -0.2) is 4.98 Å². The molecule has 34 heavy (non-hydrogen) atoms. The fourth-order valence-electron chi connectivity index (χ4n) is 3.72. The van der Waals surface area contributed by atoms with Crippen molar-refractivity contribution in [3.8, 4) is 17.2 Å². The normalized spacial score (nSPS) is 15.5. The van der Waals surface area contributed by atoms with Crippen LogP contribution in [0.15, 0.2) is 71.1 Å². The van der Waals surface area contributed by atoms with Crippen molar-refractivity contribution in [2.75, 3.05) is 5.32 Å². The van der Waals surface area contributed by atoms with Crippen LogP contribution in [0.25, 0.3) is 22.6 Å². The summed E-state index contributed by atoms with van der Waals surface area (Å²) in [5, 5.41) is 14.2. The van der Waals surface area contributed by atoms with Gasteiger partial charge in [-0.15, -0.1) is 0 Å². The summed E-state index contributed by atoms with van der Waals surface area (Å²) in [5.41, 5.74) is 3.84. The summed E-state index contributed by atoms with van der Waals surface area (Å²) in [4.78, 5) is 40.4. The lowest BCUT2D eigenvalue weighted by Gasteiger charge is -2.11. The Morgan fingerprint density at radius 1 is 1.06 bits per heavy atom. The first kappa shape index (κ1) is 21.7. The van der Waals surface area contributed by atoms with Crippen LogP contribution in [0.1, 0.15) is 11.1 Å². The number of aromatic nitrogens is 1. The van der Waals surface area contributed by atoms with Crippen molar-refractivity contribution in [3.05, 3.63) is 77.9 Å².